The Morgan fingerprint density at radius 2 is 0.780 bits per heavy atom. The molecule has 1 unspecified atom stereocenters. The summed E-state index contributed by atoms with van der Waals surface area (Å²) in [4.78, 5) is 2.40. The summed E-state index contributed by atoms with van der Waals surface area (Å²) >= 11 is 0. The number of anilines is 3. The quantitative estimate of drug-likeness (QED) is 0.157. The Kier molecular flexibility index (Phi) is 8.34. The van der Waals surface area contributed by atoms with Crippen molar-refractivity contribution in [2.75, 3.05) is 4.90 Å². The van der Waals surface area contributed by atoms with Crippen LogP contribution in [-0.2, 0) is 5.41 Å². The molecule has 0 amide bonds. The fraction of sp³-hybridized carbons (Fsp3) is 0.0345. The third-order valence-electron chi connectivity index (χ3n) is 12.6. The van der Waals surface area contributed by atoms with Gasteiger partial charge in [0.2, 0.25) is 0 Å². The van der Waals surface area contributed by atoms with Crippen LogP contribution in [0.5, 0.6) is 0 Å². The molecule has 1 atom stereocenters. The first-order chi connectivity index (χ1) is 29.1. The zero-order valence-electron chi connectivity index (χ0n) is 32.9. The van der Waals surface area contributed by atoms with Gasteiger partial charge >= 0.3 is 0 Å². The van der Waals surface area contributed by atoms with Crippen LogP contribution >= 0.6 is 0 Å². The molecule has 0 spiro atoms. The van der Waals surface area contributed by atoms with Crippen molar-refractivity contribution in [3.05, 3.63) is 247 Å². The predicted molar refractivity (Wildman–Crippen MR) is 250 cm³/mol. The molecule has 1 aliphatic rings. The standard InChI is InChI=1S/C58H41N/c1-58(46-18-3-2-4-19-46)54-25-10-9-22-53(54)57-52(24-13-26-55(57)58)45-34-38-48(39-35-45)59(56-27-12-17-43-15-6-8-21-51(43)56)47-36-32-41(33-37-47)40-28-30-44(31-29-40)50-23-11-16-42-14-5-7-20-49(42)50/h2-39H,1H3. The molecule has 1 aliphatic carbocycles. The Bertz CT molecular complexity index is 3130. The Balaban J connectivity index is 0.974. The second-order valence-electron chi connectivity index (χ2n) is 15.8. The minimum Gasteiger partial charge on any atom is -0.310 e. The molecular formula is C58H41N. The van der Waals surface area contributed by atoms with Crippen molar-refractivity contribution < 1.29 is 0 Å². The van der Waals surface area contributed by atoms with Crippen molar-refractivity contribution in [2.45, 2.75) is 12.3 Å². The molecule has 278 valence electrons. The largest absolute Gasteiger partial charge is 0.310 e. The number of hydrogen-bond donors (Lipinski definition) is 0. The Hall–Kier alpha value is -7.48. The summed E-state index contributed by atoms with van der Waals surface area (Å²) in [7, 11) is 0. The van der Waals surface area contributed by atoms with Gasteiger partial charge in [0, 0.05) is 22.2 Å². The number of hydrogen-bond acceptors (Lipinski definition) is 1. The van der Waals surface area contributed by atoms with E-state index in [0.29, 0.717) is 0 Å². The lowest BCUT2D eigenvalue weighted by Gasteiger charge is -2.28. The molecule has 1 nitrogen and oxygen atoms in total. The van der Waals surface area contributed by atoms with Crippen LogP contribution in [0.15, 0.2) is 231 Å². The summed E-state index contributed by atoms with van der Waals surface area (Å²) in [6, 6.07) is 84.4. The second kappa shape index (κ2) is 14.2. The molecule has 0 fully saturated rings. The molecule has 0 heterocycles. The first-order valence-electron chi connectivity index (χ1n) is 20.5. The van der Waals surface area contributed by atoms with Gasteiger partial charge in [-0.05, 0) is 115 Å². The van der Waals surface area contributed by atoms with Crippen molar-refractivity contribution >= 4 is 38.6 Å². The van der Waals surface area contributed by atoms with E-state index in [1.54, 1.807) is 0 Å². The molecule has 59 heavy (non-hydrogen) atoms. The van der Waals surface area contributed by atoms with Gasteiger partial charge in [0.05, 0.1) is 5.69 Å². The van der Waals surface area contributed by atoms with Gasteiger partial charge in [-0.25, -0.2) is 0 Å². The highest BCUT2D eigenvalue weighted by atomic mass is 15.1. The van der Waals surface area contributed by atoms with Gasteiger partial charge in [0.25, 0.3) is 0 Å². The van der Waals surface area contributed by atoms with Crippen LogP contribution < -0.4 is 4.90 Å². The first-order valence-corrected chi connectivity index (χ1v) is 20.5. The SMILES string of the molecule is CC1(c2ccccc2)c2ccccc2-c2c(-c3ccc(N(c4ccc(-c5ccc(-c6cccc7ccccc67)cc5)cc4)c4cccc5ccccc45)cc3)cccc21. The molecule has 10 aromatic rings. The van der Waals surface area contributed by atoms with Crippen LogP contribution in [0.4, 0.5) is 17.1 Å². The van der Waals surface area contributed by atoms with E-state index >= 15 is 0 Å². The molecule has 1 heteroatoms. The molecule has 0 saturated carbocycles. The number of fused-ring (bicyclic) bond motifs is 5. The summed E-state index contributed by atoms with van der Waals surface area (Å²) < 4.78 is 0. The lowest BCUT2D eigenvalue weighted by atomic mass is 9.74. The van der Waals surface area contributed by atoms with Crippen LogP contribution in [0.3, 0.4) is 0 Å². The third kappa shape index (κ3) is 5.77. The van der Waals surface area contributed by atoms with Crippen molar-refractivity contribution in [3.63, 3.8) is 0 Å². The van der Waals surface area contributed by atoms with E-state index in [1.165, 1.54) is 82.7 Å². The molecule has 11 rings (SSSR count). The van der Waals surface area contributed by atoms with Crippen LogP contribution in [0.2, 0.25) is 0 Å². The zero-order valence-corrected chi connectivity index (χ0v) is 32.9. The lowest BCUT2D eigenvalue weighted by molar-refractivity contribution is 0.714. The van der Waals surface area contributed by atoms with Crippen molar-refractivity contribution in [3.8, 4) is 44.5 Å². The van der Waals surface area contributed by atoms with E-state index in [-0.39, 0.29) is 5.41 Å². The highest BCUT2D eigenvalue weighted by Gasteiger charge is 2.41. The Morgan fingerprint density at radius 1 is 0.322 bits per heavy atom. The topological polar surface area (TPSA) is 3.24 Å². The molecule has 0 saturated heterocycles. The highest BCUT2D eigenvalue weighted by molar-refractivity contribution is 6.00. The van der Waals surface area contributed by atoms with E-state index in [1.807, 2.05) is 0 Å². The normalized spacial score (nSPS) is 14.3. The van der Waals surface area contributed by atoms with Gasteiger partial charge in [0.1, 0.15) is 0 Å². The molecule has 10 aromatic carbocycles. The molecule has 0 aromatic heterocycles. The molecule has 0 aliphatic heterocycles. The molecular weight excluding hydrogens is 711 g/mol. The van der Waals surface area contributed by atoms with Crippen molar-refractivity contribution in [2.24, 2.45) is 0 Å². The summed E-state index contributed by atoms with van der Waals surface area (Å²) in [6.45, 7) is 2.38. The number of nitrogens with zero attached hydrogens (tertiary/aromatic N) is 1. The minimum absolute atomic E-state index is 0.237. The molecule has 0 radical (unpaired) electrons. The average Bonchev–Trinajstić information content (AvgIpc) is 3.58. The van der Waals surface area contributed by atoms with Crippen molar-refractivity contribution in [1.82, 2.24) is 0 Å². The smallest absolute Gasteiger partial charge is 0.0540 e. The first kappa shape index (κ1) is 34.7. The van der Waals surface area contributed by atoms with Crippen LogP contribution in [0.1, 0.15) is 23.6 Å². The van der Waals surface area contributed by atoms with Crippen LogP contribution in [0.25, 0.3) is 66.1 Å². The van der Waals surface area contributed by atoms with Gasteiger partial charge in [-0.3, -0.25) is 0 Å². The summed E-state index contributed by atoms with van der Waals surface area (Å²) in [5.41, 5.74) is 17.1. The Morgan fingerprint density at radius 3 is 1.51 bits per heavy atom. The fourth-order valence-corrected chi connectivity index (χ4v) is 9.61. The maximum Gasteiger partial charge on any atom is 0.0540 e. The fourth-order valence-electron chi connectivity index (χ4n) is 9.61. The lowest BCUT2D eigenvalue weighted by Crippen LogP contribution is -2.22. The molecule has 0 N–H and O–H groups in total. The minimum atomic E-state index is -0.237. The van der Waals surface area contributed by atoms with E-state index < -0.39 is 0 Å². The summed E-state index contributed by atoms with van der Waals surface area (Å²) in [5, 5.41) is 4.97. The van der Waals surface area contributed by atoms with Gasteiger partial charge in [-0.15, -0.1) is 0 Å². The maximum absolute atomic E-state index is 2.40. The summed E-state index contributed by atoms with van der Waals surface area (Å²) in [6.07, 6.45) is 0. The van der Waals surface area contributed by atoms with Gasteiger partial charge in [-0.2, -0.15) is 0 Å². The average molecular weight is 752 g/mol. The van der Waals surface area contributed by atoms with Crippen molar-refractivity contribution in [1.29, 1.82) is 0 Å². The predicted octanol–water partition coefficient (Wildman–Crippen LogP) is 15.8. The number of benzene rings is 10. The van der Waals surface area contributed by atoms with Crippen LogP contribution in [-0.4, -0.2) is 0 Å². The van der Waals surface area contributed by atoms with E-state index in [2.05, 4.69) is 242 Å². The maximum atomic E-state index is 2.40. The molecule has 0 bridgehead atoms. The van der Waals surface area contributed by atoms with E-state index in [4.69, 9.17) is 0 Å². The second-order valence-corrected chi connectivity index (χ2v) is 15.8. The van der Waals surface area contributed by atoms with E-state index in [0.717, 1.165) is 17.1 Å². The zero-order chi connectivity index (χ0) is 39.3. The summed E-state index contributed by atoms with van der Waals surface area (Å²) in [5.74, 6) is 0. The van der Waals surface area contributed by atoms with Gasteiger partial charge in [-0.1, -0.05) is 200 Å². The number of rotatable bonds is 7. The van der Waals surface area contributed by atoms with Crippen LogP contribution in [0, 0.1) is 0 Å². The van der Waals surface area contributed by atoms with E-state index in [9.17, 15) is 0 Å². The Labute approximate surface area is 346 Å². The van der Waals surface area contributed by atoms with Gasteiger partial charge < -0.3 is 4.90 Å². The highest BCUT2D eigenvalue weighted by Crippen LogP contribution is 2.55. The third-order valence-corrected chi connectivity index (χ3v) is 12.6. The monoisotopic (exact) mass is 751 g/mol. The van der Waals surface area contributed by atoms with Gasteiger partial charge in [0.15, 0.2) is 0 Å².